The highest BCUT2D eigenvalue weighted by molar-refractivity contribution is 8.76. The van der Waals surface area contributed by atoms with Crippen LogP contribution in [0.3, 0.4) is 0 Å². The lowest BCUT2D eigenvalue weighted by molar-refractivity contribution is -0.143. The normalized spacial score (nSPS) is 22.6. The van der Waals surface area contributed by atoms with Crippen LogP contribution in [0, 0.1) is 5.41 Å². The Kier molecular flexibility index (Phi) is 16.3. The van der Waals surface area contributed by atoms with Gasteiger partial charge in [-0.1, -0.05) is 39.8 Å². The predicted octanol–water partition coefficient (Wildman–Crippen LogP) is -1.19. The van der Waals surface area contributed by atoms with E-state index in [0.717, 1.165) is 21.7 Å². The molecule has 0 bridgehead atoms. The molecule has 0 spiro atoms. The summed E-state index contributed by atoms with van der Waals surface area (Å²) >= 11 is 0. The molecule has 2 aliphatic heterocycles. The van der Waals surface area contributed by atoms with Crippen molar-refractivity contribution >= 4 is 97.2 Å². The van der Waals surface area contributed by atoms with Gasteiger partial charge in [0.1, 0.15) is 36.0 Å². The van der Waals surface area contributed by atoms with E-state index in [2.05, 4.69) is 36.9 Å². The van der Waals surface area contributed by atoms with Gasteiger partial charge in [0.15, 0.2) is 0 Å². The van der Waals surface area contributed by atoms with Crippen molar-refractivity contribution in [1.82, 2.24) is 36.5 Å². The number of amidine groups is 1. The summed E-state index contributed by atoms with van der Waals surface area (Å²) in [5.74, 6) is -8.05. The molecule has 5 atom stereocenters. The van der Waals surface area contributed by atoms with Gasteiger partial charge in [0.2, 0.25) is 47.3 Å². The summed E-state index contributed by atoms with van der Waals surface area (Å²) in [6.45, 7) is -0.685. The van der Waals surface area contributed by atoms with Crippen molar-refractivity contribution in [3.63, 3.8) is 0 Å². The first-order valence-electron chi connectivity index (χ1n) is 19.4. The number of benzene rings is 2. The number of para-hydroxylation sites is 1. The number of nitrogens with zero attached hydrogens (tertiary/aromatic N) is 1. The van der Waals surface area contributed by atoms with E-state index in [-0.39, 0.29) is 43.1 Å². The van der Waals surface area contributed by atoms with Crippen molar-refractivity contribution < 1.29 is 48.3 Å². The molecule has 21 nitrogen and oxygen atoms in total. The van der Waals surface area contributed by atoms with Gasteiger partial charge in [-0.05, 0) is 48.7 Å². The van der Waals surface area contributed by atoms with Gasteiger partial charge in [-0.2, -0.15) is 0 Å². The largest absolute Gasteiger partial charge is 0.481 e. The topological polar surface area (TPSA) is 341 Å². The number of aromatic nitrogens is 1. The molecule has 0 saturated carbocycles. The van der Waals surface area contributed by atoms with Crippen molar-refractivity contribution in [2.75, 3.05) is 29.9 Å². The molecule has 5 rings (SSSR count). The molecular weight excluding hydrogens is 847 g/mol. The van der Waals surface area contributed by atoms with Crippen LogP contribution >= 0.6 is 21.6 Å². The Morgan fingerprint density at radius 2 is 1.55 bits per heavy atom. The Hall–Kier alpha value is -6.62. The number of nitrogens with two attached hydrogens (primary N) is 2. The maximum Gasteiger partial charge on any atom is 0.305 e. The Labute approximate surface area is 362 Å². The van der Waals surface area contributed by atoms with E-state index >= 15 is 0 Å². The summed E-state index contributed by atoms with van der Waals surface area (Å²) in [7, 11) is 2.31. The number of anilines is 1. The molecule has 0 radical (unpaired) electrons. The highest BCUT2D eigenvalue weighted by Gasteiger charge is 2.40. The molecule has 1 unspecified atom stereocenters. The molecule has 62 heavy (non-hydrogen) atoms. The van der Waals surface area contributed by atoms with E-state index in [1.54, 1.807) is 24.4 Å². The van der Waals surface area contributed by atoms with Crippen LogP contribution in [0.1, 0.15) is 43.2 Å². The van der Waals surface area contributed by atoms with Gasteiger partial charge in [0.05, 0.1) is 19.4 Å². The highest BCUT2D eigenvalue weighted by Crippen LogP contribution is 2.25. The number of carbonyl (C=O) groups excluding carboxylic acids is 8. The van der Waals surface area contributed by atoms with Gasteiger partial charge in [-0.15, -0.1) is 0 Å². The monoisotopic (exact) mass is 893 g/mol. The third-order valence-electron chi connectivity index (χ3n) is 9.92. The first-order chi connectivity index (χ1) is 29.6. The van der Waals surface area contributed by atoms with Crippen LogP contribution in [-0.4, -0.2) is 129 Å². The van der Waals surface area contributed by atoms with Crippen molar-refractivity contribution in [3.05, 3.63) is 65.9 Å². The zero-order chi connectivity index (χ0) is 44.9. The average molecular weight is 894 g/mol. The number of primary amides is 1. The van der Waals surface area contributed by atoms with Crippen molar-refractivity contribution in [1.29, 1.82) is 5.41 Å². The number of carboxylic acid groups (broad SMARTS) is 1. The van der Waals surface area contributed by atoms with Gasteiger partial charge in [0, 0.05) is 59.2 Å². The van der Waals surface area contributed by atoms with Crippen LogP contribution in [0.25, 0.3) is 10.9 Å². The number of amides is 8. The quantitative estimate of drug-likeness (QED) is 0.0685. The number of nitrogen functional groups attached to an aromatic ring is 1. The minimum atomic E-state index is -1.75. The van der Waals surface area contributed by atoms with Crippen LogP contribution in [0.5, 0.6) is 0 Å². The van der Waals surface area contributed by atoms with Crippen molar-refractivity contribution in [2.24, 2.45) is 11.5 Å². The number of carbonyl (C=O) groups is 9. The molecule has 330 valence electrons. The fourth-order valence-corrected chi connectivity index (χ4v) is 8.96. The van der Waals surface area contributed by atoms with E-state index in [9.17, 15) is 48.3 Å². The minimum absolute atomic E-state index is 0.00212. The maximum absolute atomic E-state index is 14.4. The number of hydrogen-bond donors (Lipinski definition) is 11. The molecule has 3 aromatic rings. The van der Waals surface area contributed by atoms with E-state index in [1.807, 2.05) is 6.07 Å². The number of fused-ring (bicyclic) bond motifs is 2. The van der Waals surface area contributed by atoms with Crippen LogP contribution in [0.2, 0.25) is 0 Å². The second-order valence-electron chi connectivity index (χ2n) is 14.4. The predicted molar refractivity (Wildman–Crippen MR) is 229 cm³/mol. The van der Waals surface area contributed by atoms with Gasteiger partial charge >= 0.3 is 5.97 Å². The summed E-state index contributed by atoms with van der Waals surface area (Å²) < 4.78 is 0. The van der Waals surface area contributed by atoms with Gasteiger partial charge in [-0.3, -0.25) is 48.6 Å². The molecule has 23 heteroatoms. The Balaban J connectivity index is 1.40. The first kappa shape index (κ1) is 46.4. The fraction of sp³-hybridized carbons (Fsp3) is 0.385. The SMILES string of the molecule is N=C(N)c1ccc(NC(=O)C[C@@H]2NC(=O)CCSSCC(C(N)=O)NC(=O)[C@@H]3CCCN3C(=O)[C@H](Cc3c[nH]c4ccccc34)NC(=O)[C@H](CC(=O)O)NC(=O)CNC2=O)cc1. The molecule has 2 fully saturated rings. The number of H-pyrrole nitrogens is 1. The molecule has 3 heterocycles. The third-order valence-corrected chi connectivity index (χ3v) is 12.3. The molecular formula is C39H47N11O10S2. The van der Waals surface area contributed by atoms with E-state index < -0.39 is 103 Å². The summed E-state index contributed by atoms with van der Waals surface area (Å²) in [5.41, 5.74) is 13.2. The van der Waals surface area contributed by atoms with Gasteiger partial charge in [-0.25, -0.2) is 0 Å². The van der Waals surface area contributed by atoms with Crippen LogP contribution in [0.4, 0.5) is 5.69 Å². The lowest BCUT2D eigenvalue weighted by atomic mass is 10.0. The molecule has 2 saturated heterocycles. The molecule has 0 aliphatic carbocycles. The van der Waals surface area contributed by atoms with Gasteiger partial charge in [0.25, 0.3) is 0 Å². The summed E-state index contributed by atoms with van der Waals surface area (Å²) in [6.07, 6.45) is 0.514. The third kappa shape index (κ3) is 12.9. The molecule has 8 amide bonds. The molecule has 2 aromatic carbocycles. The molecule has 2 aliphatic rings. The van der Waals surface area contributed by atoms with Crippen molar-refractivity contribution in [3.8, 4) is 0 Å². The number of rotatable bonds is 9. The first-order valence-corrected chi connectivity index (χ1v) is 21.9. The maximum atomic E-state index is 14.4. The second kappa shape index (κ2) is 21.8. The standard InChI is InChI=1S/C39H47N11O10S2/c40-34(41)20-7-9-22(10-8-20)45-31(52)15-25-36(57)44-18-32(53)47-26(16-33(54)55)37(58)48-27(14-21-17-43-24-5-2-1-4-23(21)24)39(60)50-12-3-6-29(50)38(59)49-28(35(42)56)19-62-61-13-11-30(51)46-25/h1-2,4-5,7-10,17,25-29,43H,3,6,11-16,18-19H2,(H3,40,41)(H2,42,56)(H,44,57)(H,45,52)(H,46,51)(H,47,53)(H,48,58)(H,49,59)(H,54,55)/t25-,26-,27-,28?,29-/m0/s1. The van der Waals surface area contributed by atoms with E-state index in [1.165, 1.54) is 40.0 Å². The summed E-state index contributed by atoms with van der Waals surface area (Å²) in [6, 6.07) is 6.30. The number of aromatic amines is 1. The number of carboxylic acids is 1. The Morgan fingerprint density at radius 1 is 0.839 bits per heavy atom. The van der Waals surface area contributed by atoms with Crippen LogP contribution in [-0.2, 0) is 49.6 Å². The lowest BCUT2D eigenvalue weighted by Crippen LogP contribution is -2.59. The lowest BCUT2D eigenvalue weighted by Gasteiger charge is -2.30. The second-order valence-corrected chi connectivity index (χ2v) is 17.1. The van der Waals surface area contributed by atoms with E-state index in [4.69, 9.17) is 16.9 Å². The minimum Gasteiger partial charge on any atom is -0.481 e. The summed E-state index contributed by atoms with van der Waals surface area (Å²) in [5, 5.41) is 32.9. The average Bonchev–Trinajstić information content (AvgIpc) is 3.89. The number of hydrogen-bond acceptors (Lipinski definition) is 12. The zero-order valence-corrected chi connectivity index (χ0v) is 34.8. The van der Waals surface area contributed by atoms with E-state index in [0.29, 0.717) is 23.2 Å². The number of aliphatic carboxylic acids is 1. The Bertz CT molecular complexity index is 2220. The summed E-state index contributed by atoms with van der Waals surface area (Å²) in [4.78, 5) is 123. The smallest absolute Gasteiger partial charge is 0.305 e. The van der Waals surface area contributed by atoms with Gasteiger partial charge < -0.3 is 58.4 Å². The van der Waals surface area contributed by atoms with Crippen molar-refractivity contribution in [2.45, 2.75) is 68.7 Å². The number of nitrogens with one attached hydrogen (secondary N) is 8. The fourth-order valence-electron chi connectivity index (χ4n) is 6.79. The highest BCUT2D eigenvalue weighted by atomic mass is 33.1. The molecule has 13 N–H and O–H groups in total. The zero-order valence-electron chi connectivity index (χ0n) is 33.2. The van der Waals surface area contributed by atoms with Crippen LogP contribution in [0.15, 0.2) is 54.7 Å². The molecule has 1 aromatic heterocycles. The van der Waals surface area contributed by atoms with Crippen LogP contribution < -0.4 is 43.4 Å². The Morgan fingerprint density at radius 3 is 2.26 bits per heavy atom.